The molecule has 2 aromatic rings. The van der Waals surface area contributed by atoms with Gasteiger partial charge in [0, 0.05) is 38.6 Å². The zero-order valence-electron chi connectivity index (χ0n) is 15.6. The summed E-state index contributed by atoms with van der Waals surface area (Å²) in [6.45, 7) is 4.39. The molecule has 1 atom stereocenters. The smallest absolute Gasteiger partial charge is 0.318 e. The quantitative estimate of drug-likeness (QED) is 0.742. The SMILES string of the molecule is O=C(NC[C@H]1CCCN(CCO)C1)N(Cc1ccncc1)Cc1ccco1. The number of nitrogens with zero attached hydrogens (tertiary/aromatic N) is 3. The zero-order valence-corrected chi connectivity index (χ0v) is 15.6. The second-order valence-corrected chi connectivity index (χ2v) is 7.01. The Morgan fingerprint density at radius 1 is 1.33 bits per heavy atom. The molecule has 146 valence electrons. The molecular weight excluding hydrogens is 344 g/mol. The van der Waals surface area contributed by atoms with Crippen molar-refractivity contribution in [3.05, 3.63) is 54.2 Å². The highest BCUT2D eigenvalue weighted by Crippen LogP contribution is 2.16. The Morgan fingerprint density at radius 2 is 2.19 bits per heavy atom. The van der Waals surface area contributed by atoms with Gasteiger partial charge in [0.05, 0.1) is 19.4 Å². The first kappa shape index (κ1) is 19.4. The van der Waals surface area contributed by atoms with Crippen molar-refractivity contribution in [2.75, 3.05) is 32.8 Å². The van der Waals surface area contributed by atoms with Gasteiger partial charge >= 0.3 is 6.03 Å². The Hall–Kier alpha value is -2.38. The Labute approximate surface area is 160 Å². The topological polar surface area (TPSA) is 81.8 Å². The summed E-state index contributed by atoms with van der Waals surface area (Å²) in [6, 6.07) is 7.44. The van der Waals surface area contributed by atoms with E-state index in [0.717, 1.165) is 37.3 Å². The van der Waals surface area contributed by atoms with Crippen molar-refractivity contribution in [2.45, 2.75) is 25.9 Å². The summed E-state index contributed by atoms with van der Waals surface area (Å²) in [7, 11) is 0. The lowest BCUT2D eigenvalue weighted by molar-refractivity contribution is 0.136. The van der Waals surface area contributed by atoms with E-state index in [1.165, 1.54) is 0 Å². The molecule has 0 spiro atoms. The van der Waals surface area contributed by atoms with Crippen LogP contribution in [0.4, 0.5) is 4.79 Å². The molecule has 3 heterocycles. The van der Waals surface area contributed by atoms with Gasteiger partial charge in [0.1, 0.15) is 5.76 Å². The van der Waals surface area contributed by atoms with Crippen LogP contribution < -0.4 is 5.32 Å². The van der Waals surface area contributed by atoms with E-state index in [0.29, 0.717) is 32.1 Å². The van der Waals surface area contributed by atoms with E-state index in [9.17, 15) is 4.79 Å². The van der Waals surface area contributed by atoms with Gasteiger partial charge in [0.25, 0.3) is 0 Å². The first-order valence-electron chi connectivity index (χ1n) is 9.52. The number of urea groups is 1. The van der Waals surface area contributed by atoms with Crippen molar-refractivity contribution < 1.29 is 14.3 Å². The molecule has 27 heavy (non-hydrogen) atoms. The number of aliphatic hydroxyl groups is 1. The number of likely N-dealkylation sites (tertiary alicyclic amines) is 1. The molecule has 0 radical (unpaired) electrons. The maximum absolute atomic E-state index is 12.8. The van der Waals surface area contributed by atoms with Crippen LogP contribution in [0.1, 0.15) is 24.2 Å². The van der Waals surface area contributed by atoms with Crippen LogP contribution in [0.3, 0.4) is 0 Å². The van der Waals surface area contributed by atoms with Gasteiger partial charge in [-0.3, -0.25) is 4.98 Å². The number of amides is 2. The van der Waals surface area contributed by atoms with Crippen LogP contribution >= 0.6 is 0 Å². The second-order valence-electron chi connectivity index (χ2n) is 7.01. The lowest BCUT2D eigenvalue weighted by Gasteiger charge is -2.32. The monoisotopic (exact) mass is 372 g/mol. The molecule has 0 aromatic carbocycles. The third-order valence-electron chi connectivity index (χ3n) is 4.90. The highest BCUT2D eigenvalue weighted by Gasteiger charge is 2.22. The van der Waals surface area contributed by atoms with Crippen LogP contribution in [0.2, 0.25) is 0 Å². The Bertz CT molecular complexity index is 676. The summed E-state index contributed by atoms with van der Waals surface area (Å²) in [5.74, 6) is 1.17. The number of carbonyl (C=O) groups excluding carboxylic acids is 1. The molecule has 0 aliphatic carbocycles. The van der Waals surface area contributed by atoms with E-state index < -0.39 is 0 Å². The molecule has 0 saturated carbocycles. The van der Waals surface area contributed by atoms with E-state index in [1.54, 1.807) is 23.6 Å². The maximum atomic E-state index is 12.8. The lowest BCUT2D eigenvalue weighted by Crippen LogP contribution is -2.45. The molecule has 7 nitrogen and oxygen atoms in total. The molecule has 3 rings (SSSR count). The van der Waals surface area contributed by atoms with Crippen molar-refractivity contribution in [3.63, 3.8) is 0 Å². The van der Waals surface area contributed by atoms with Crippen molar-refractivity contribution in [1.82, 2.24) is 20.1 Å². The van der Waals surface area contributed by atoms with E-state index in [-0.39, 0.29) is 12.6 Å². The van der Waals surface area contributed by atoms with Gasteiger partial charge in [0.15, 0.2) is 0 Å². The highest BCUT2D eigenvalue weighted by atomic mass is 16.3. The number of piperidine rings is 1. The van der Waals surface area contributed by atoms with Gasteiger partial charge in [-0.05, 0) is 55.1 Å². The second kappa shape index (κ2) is 10.1. The summed E-state index contributed by atoms with van der Waals surface area (Å²) >= 11 is 0. The minimum Gasteiger partial charge on any atom is -0.467 e. The van der Waals surface area contributed by atoms with Gasteiger partial charge in [-0.15, -0.1) is 0 Å². The fraction of sp³-hybridized carbons (Fsp3) is 0.500. The van der Waals surface area contributed by atoms with Gasteiger partial charge < -0.3 is 24.6 Å². The number of hydrogen-bond acceptors (Lipinski definition) is 5. The van der Waals surface area contributed by atoms with Crippen molar-refractivity contribution in [1.29, 1.82) is 0 Å². The molecule has 2 aromatic heterocycles. The zero-order chi connectivity index (χ0) is 18.9. The summed E-state index contributed by atoms with van der Waals surface area (Å²) < 4.78 is 5.42. The summed E-state index contributed by atoms with van der Waals surface area (Å²) in [5, 5.41) is 12.2. The largest absolute Gasteiger partial charge is 0.467 e. The number of nitrogens with one attached hydrogen (secondary N) is 1. The fourth-order valence-corrected chi connectivity index (χ4v) is 3.50. The molecule has 1 aliphatic heterocycles. The first-order chi connectivity index (χ1) is 13.2. The third kappa shape index (κ3) is 6.08. The predicted molar refractivity (Wildman–Crippen MR) is 102 cm³/mol. The van der Waals surface area contributed by atoms with Gasteiger partial charge in [-0.1, -0.05) is 0 Å². The summed E-state index contributed by atoms with van der Waals surface area (Å²) in [5.41, 5.74) is 1.03. The highest BCUT2D eigenvalue weighted by molar-refractivity contribution is 5.74. The predicted octanol–water partition coefficient (Wildman–Crippen LogP) is 2.09. The molecule has 7 heteroatoms. The average Bonchev–Trinajstić information content (AvgIpc) is 3.20. The number of carbonyl (C=O) groups is 1. The molecule has 1 saturated heterocycles. The van der Waals surface area contributed by atoms with Gasteiger partial charge in [0.2, 0.25) is 0 Å². The molecular formula is C20H28N4O3. The minimum absolute atomic E-state index is 0.0949. The fourth-order valence-electron chi connectivity index (χ4n) is 3.50. The molecule has 1 fully saturated rings. The number of pyridine rings is 1. The van der Waals surface area contributed by atoms with E-state index in [1.807, 2.05) is 24.3 Å². The molecule has 0 bridgehead atoms. The van der Waals surface area contributed by atoms with Gasteiger partial charge in [-0.2, -0.15) is 0 Å². The van der Waals surface area contributed by atoms with Crippen LogP contribution in [0.15, 0.2) is 47.3 Å². The number of aromatic nitrogens is 1. The van der Waals surface area contributed by atoms with Crippen LogP contribution in [0, 0.1) is 5.92 Å². The number of β-amino-alcohol motifs (C(OH)–C–C–N with tert-alkyl or cyclic N) is 1. The van der Waals surface area contributed by atoms with Crippen LogP contribution in [-0.2, 0) is 13.1 Å². The number of furan rings is 1. The summed E-state index contributed by atoms with van der Waals surface area (Å²) in [6.07, 6.45) is 7.29. The Balaban J connectivity index is 1.57. The van der Waals surface area contributed by atoms with Gasteiger partial charge in [-0.25, -0.2) is 4.79 Å². The van der Waals surface area contributed by atoms with E-state index >= 15 is 0 Å². The number of rotatable bonds is 8. The third-order valence-corrected chi connectivity index (χ3v) is 4.90. The molecule has 2 amide bonds. The van der Waals surface area contributed by atoms with E-state index in [4.69, 9.17) is 9.52 Å². The molecule has 1 aliphatic rings. The maximum Gasteiger partial charge on any atom is 0.318 e. The molecule has 2 N–H and O–H groups in total. The number of aliphatic hydroxyl groups excluding tert-OH is 1. The normalized spacial score (nSPS) is 17.6. The van der Waals surface area contributed by atoms with Crippen molar-refractivity contribution in [3.8, 4) is 0 Å². The van der Waals surface area contributed by atoms with Crippen molar-refractivity contribution >= 4 is 6.03 Å². The van der Waals surface area contributed by atoms with Crippen molar-refractivity contribution in [2.24, 2.45) is 5.92 Å². The lowest BCUT2D eigenvalue weighted by atomic mass is 9.98. The van der Waals surface area contributed by atoms with Crippen LogP contribution in [-0.4, -0.2) is 58.7 Å². The average molecular weight is 372 g/mol. The minimum atomic E-state index is -0.0949. The number of hydrogen-bond donors (Lipinski definition) is 2. The Morgan fingerprint density at radius 3 is 2.93 bits per heavy atom. The summed E-state index contributed by atoms with van der Waals surface area (Å²) in [4.78, 5) is 20.9. The molecule has 0 unspecified atom stereocenters. The standard InChI is InChI=1S/C20H28N4O3/c25-11-10-23-9-1-3-18(14-23)13-22-20(26)24(16-19-4-2-12-27-19)15-17-5-7-21-8-6-17/h2,4-8,12,18,25H,1,3,9-11,13-16H2,(H,22,26)/t18-/m1/s1. The Kier molecular flexibility index (Phi) is 7.24. The van der Waals surface area contributed by atoms with E-state index in [2.05, 4.69) is 15.2 Å². The van der Waals surface area contributed by atoms with Crippen LogP contribution in [0.5, 0.6) is 0 Å². The van der Waals surface area contributed by atoms with Crippen LogP contribution in [0.25, 0.3) is 0 Å². The first-order valence-corrected chi connectivity index (χ1v) is 9.52.